The molecule has 0 aliphatic carbocycles. The number of fused-ring (bicyclic) bond motifs is 1. The minimum Gasteiger partial charge on any atom is -0.410 e. The third-order valence-corrected chi connectivity index (χ3v) is 6.97. The lowest BCUT2D eigenvalue weighted by Gasteiger charge is -2.30. The molecule has 11 nitrogen and oxygen atoms in total. The highest BCUT2D eigenvalue weighted by Gasteiger charge is 2.35. The number of halogens is 3. The third kappa shape index (κ3) is 5.96. The molecule has 5 rings (SSSR count). The van der Waals surface area contributed by atoms with Crippen LogP contribution in [0.1, 0.15) is 43.3 Å². The number of nitrogens with zero attached hydrogens (tertiary/aromatic N) is 5. The van der Waals surface area contributed by atoms with E-state index in [1.54, 1.807) is 4.57 Å². The lowest BCUT2D eigenvalue weighted by Crippen LogP contribution is -2.40. The average molecular weight is 561 g/mol. The highest BCUT2D eigenvalue weighted by Crippen LogP contribution is 2.33. The van der Waals surface area contributed by atoms with Gasteiger partial charge in [0.1, 0.15) is 23.6 Å². The van der Waals surface area contributed by atoms with E-state index in [0.29, 0.717) is 43.5 Å². The number of aliphatic hydroxyl groups excluding tert-OH is 2. The summed E-state index contributed by atoms with van der Waals surface area (Å²) in [7, 11) is 0. The Kier molecular flexibility index (Phi) is 7.79. The Morgan fingerprint density at radius 1 is 1.25 bits per heavy atom. The SMILES string of the molecule is Nc1nc(C#CCC2CCN(C(=O)Oc3cccc(C(F)(F)F)c3)CC2)nc2c1ncn2[C@H]1CC(O)[C@@H](CO)O1. The Labute approximate surface area is 226 Å². The van der Waals surface area contributed by atoms with Crippen LogP contribution in [0.2, 0.25) is 0 Å². The smallest absolute Gasteiger partial charge is 0.410 e. The summed E-state index contributed by atoms with van der Waals surface area (Å²) in [5.74, 6) is 6.38. The lowest BCUT2D eigenvalue weighted by molar-refractivity contribution is -0.137. The van der Waals surface area contributed by atoms with E-state index in [0.717, 1.165) is 12.1 Å². The number of nitrogen functional groups attached to an aromatic ring is 1. The molecular formula is C26H27F3N6O5. The van der Waals surface area contributed by atoms with Crippen molar-refractivity contribution in [2.24, 2.45) is 5.92 Å². The van der Waals surface area contributed by atoms with Crippen molar-refractivity contribution < 1.29 is 37.7 Å². The summed E-state index contributed by atoms with van der Waals surface area (Å²) in [4.78, 5) is 26.8. The van der Waals surface area contributed by atoms with E-state index in [1.807, 2.05) is 0 Å². The Morgan fingerprint density at radius 3 is 2.73 bits per heavy atom. The van der Waals surface area contributed by atoms with Crippen molar-refractivity contribution >= 4 is 23.1 Å². The summed E-state index contributed by atoms with van der Waals surface area (Å²) in [6.07, 6.45) is -3.74. The standard InChI is InChI=1S/C26H27F3N6O5/c27-26(28,29)16-4-2-5-17(11-16)39-25(38)34-9-7-15(8-10-34)3-1-6-20-32-23(30)22-24(33-20)35(14-31-22)21-12-18(37)19(13-36)40-21/h2,4-5,11,14-15,18-19,21,36-37H,3,7-10,12-13H2,(H2,30,32,33)/t18?,19-,21-/m1/s1. The molecule has 0 bridgehead atoms. The first-order valence-electron chi connectivity index (χ1n) is 12.7. The van der Waals surface area contributed by atoms with E-state index in [-0.39, 0.29) is 36.3 Å². The molecule has 3 aromatic rings. The van der Waals surface area contributed by atoms with Gasteiger partial charge in [-0.25, -0.2) is 19.7 Å². The fourth-order valence-electron chi connectivity index (χ4n) is 4.75. The average Bonchev–Trinajstić information content (AvgIpc) is 3.52. The molecule has 40 heavy (non-hydrogen) atoms. The summed E-state index contributed by atoms with van der Waals surface area (Å²) in [6.45, 7) is 0.468. The maximum Gasteiger partial charge on any atom is 0.416 e. The van der Waals surface area contributed by atoms with Crippen molar-refractivity contribution in [2.45, 2.75) is 50.3 Å². The second kappa shape index (κ2) is 11.3. The zero-order valence-corrected chi connectivity index (χ0v) is 21.2. The number of likely N-dealkylation sites (tertiary alicyclic amines) is 1. The van der Waals surface area contributed by atoms with Crippen LogP contribution < -0.4 is 10.5 Å². The van der Waals surface area contributed by atoms with Gasteiger partial charge in [-0.3, -0.25) is 4.57 Å². The molecule has 1 unspecified atom stereocenters. The molecule has 2 saturated heterocycles. The number of hydrogen-bond donors (Lipinski definition) is 3. The number of aliphatic hydroxyl groups is 2. The summed E-state index contributed by atoms with van der Waals surface area (Å²) < 4.78 is 51.2. The first-order chi connectivity index (χ1) is 19.1. The number of anilines is 1. The van der Waals surface area contributed by atoms with Crippen molar-refractivity contribution in [1.82, 2.24) is 24.4 Å². The summed E-state index contributed by atoms with van der Waals surface area (Å²) in [6, 6.07) is 4.22. The third-order valence-electron chi connectivity index (χ3n) is 6.97. The quantitative estimate of drug-likeness (QED) is 0.410. The number of alkyl halides is 3. The van der Waals surface area contributed by atoms with Crippen LogP contribution in [-0.2, 0) is 10.9 Å². The molecule has 2 aromatic heterocycles. The van der Waals surface area contributed by atoms with E-state index >= 15 is 0 Å². The molecule has 212 valence electrons. The zero-order chi connectivity index (χ0) is 28.4. The number of amides is 1. The zero-order valence-electron chi connectivity index (χ0n) is 21.2. The highest BCUT2D eigenvalue weighted by molar-refractivity contribution is 5.82. The van der Waals surface area contributed by atoms with Gasteiger partial charge < -0.3 is 30.3 Å². The maximum absolute atomic E-state index is 12.9. The fraction of sp³-hybridized carbons (Fsp3) is 0.462. The fourth-order valence-corrected chi connectivity index (χ4v) is 4.75. The monoisotopic (exact) mass is 560 g/mol. The van der Waals surface area contributed by atoms with Gasteiger partial charge in [-0.2, -0.15) is 13.2 Å². The normalized spacial score (nSPS) is 21.8. The van der Waals surface area contributed by atoms with Gasteiger partial charge in [-0.15, -0.1) is 0 Å². The second-order valence-corrected chi connectivity index (χ2v) is 9.70. The number of carbonyl (C=O) groups is 1. The first kappa shape index (κ1) is 27.6. The Bertz CT molecular complexity index is 1440. The van der Waals surface area contributed by atoms with Crippen molar-refractivity contribution in [1.29, 1.82) is 0 Å². The highest BCUT2D eigenvalue weighted by atomic mass is 19.4. The second-order valence-electron chi connectivity index (χ2n) is 9.70. The molecule has 1 amide bonds. The van der Waals surface area contributed by atoms with E-state index < -0.39 is 36.3 Å². The predicted octanol–water partition coefficient (Wildman–Crippen LogP) is 2.72. The van der Waals surface area contributed by atoms with E-state index in [9.17, 15) is 28.2 Å². The Balaban J connectivity index is 1.17. The number of carbonyl (C=O) groups excluding carboxylic acids is 1. The van der Waals surface area contributed by atoms with E-state index in [1.165, 1.54) is 23.4 Å². The number of piperidine rings is 1. The molecular weight excluding hydrogens is 533 g/mol. The van der Waals surface area contributed by atoms with E-state index in [4.69, 9.17) is 15.2 Å². The van der Waals surface area contributed by atoms with Crippen LogP contribution in [0.5, 0.6) is 5.75 Å². The summed E-state index contributed by atoms with van der Waals surface area (Å²) >= 11 is 0. The minimum absolute atomic E-state index is 0.151. The van der Waals surface area contributed by atoms with Crippen LogP contribution in [-0.4, -0.2) is 72.6 Å². The number of aromatic nitrogens is 4. The molecule has 0 saturated carbocycles. The van der Waals surface area contributed by atoms with E-state index in [2.05, 4.69) is 26.8 Å². The van der Waals surface area contributed by atoms with Crippen LogP contribution in [0, 0.1) is 17.8 Å². The number of benzene rings is 1. The molecule has 0 spiro atoms. The van der Waals surface area contributed by atoms with Gasteiger partial charge in [0.15, 0.2) is 11.5 Å². The van der Waals surface area contributed by atoms with Gasteiger partial charge in [-0.1, -0.05) is 12.0 Å². The van der Waals surface area contributed by atoms with Crippen molar-refractivity contribution in [2.75, 3.05) is 25.4 Å². The number of hydrogen-bond acceptors (Lipinski definition) is 9. The van der Waals surface area contributed by atoms with Gasteiger partial charge in [0, 0.05) is 25.9 Å². The van der Waals surface area contributed by atoms with Crippen LogP contribution in [0.15, 0.2) is 30.6 Å². The van der Waals surface area contributed by atoms with Crippen LogP contribution in [0.3, 0.4) is 0 Å². The molecule has 1 aromatic carbocycles. The van der Waals surface area contributed by atoms with Crippen molar-refractivity contribution in [3.63, 3.8) is 0 Å². The molecule has 2 fully saturated rings. The molecule has 2 aliphatic rings. The topological polar surface area (TPSA) is 149 Å². The summed E-state index contributed by atoms with van der Waals surface area (Å²) in [5.41, 5.74) is 5.96. The number of nitrogens with two attached hydrogens (primary N) is 1. The van der Waals surface area contributed by atoms with Gasteiger partial charge in [0.2, 0.25) is 5.82 Å². The molecule has 14 heteroatoms. The number of imidazole rings is 1. The number of rotatable bonds is 4. The van der Waals surface area contributed by atoms with Gasteiger partial charge in [-0.05, 0) is 42.9 Å². The molecule has 2 aliphatic heterocycles. The van der Waals surface area contributed by atoms with Crippen LogP contribution in [0.4, 0.5) is 23.8 Å². The molecule has 4 N–H and O–H groups in total. The lowest BCUT2D eigenvalue weighted by atomic mass is 9.94. The predicted molar refractivity (Wildman–Crippen MR) is 135 cm³/mol. The van der Waals surface area contributed by atoms with Crippen molar-refractivity contribution in [3.8, 4) is 17.6 Å². The maximum atomic E-state index is 12.9. The van der Waals surface area contributed by atoms with Gasteiger partial charge in [0.05, 0.1) is 24.6 Å². The number of ether oxygens (including phenoxy) is 2. The molecule has 4 heterocycles. The van der Waals surface area contributed by atoms with Crippen LogP contribution in [0.25, 0.3) is 11.2 Å². The summed E-state index contributed by atoms with van der Waals surface area (Å²) in [5, 5.41) is 19.4. The Hall–Kier alpha value is -3.93. The Morgan fingerprint density at radius 2 is 2.02 bits per heavy atom. The van der Waals surface area contributed by atoms with Crippen LogP contribution >= 0.6 is 0 Å². The van der Waals surface area contributed by atoms with Crippen molar-refractivity contribution in [3.05, 3.63) is 42.0 Å². The largest absolute Gasteiger partial charge is 0.416 e. The molecule has 0 radical (unpaired) electrons. The minimum atomic E-state index is -4.52. The van der Waals surface area contributed by atoms with Gasteiger partial charge in [0.25, 0.3) is 0 Å². The first-order valence-corrected chi connectivity index (χ1v) is 12.7. The van der Waals surface area contributed by atoms with Gasteiger partial charge >= 0.3 is 12.3 Å². The molecule has 3 atom stereocenters.